The number of imidazole rings is 1. The van der Waals surface area contributed by atoms with Crippen LogP contribution in [0.1, 0.15) is 45.4 Å². The van der Waals surface area contributed by atoms with Gasteiger partial charge in [-0.2, -0.15) is 26.3 Å². The Morgan fingerprint density at radius 2 is 1.24 bits per heavy atom. The maximum absolute atomic E-state index is 10.7. The van der Waals surface area contributed by atoms with Crippen LogP contribution in [-0.4, -0.2) is 46.5 Å². The van der Waals surface area contributed by atoms with Gasteiger partial charge in [0.05, 0.1) is 11.0 Å². The van der Waals surface area contributed by atoms with Crippen LogP contribution in [-0.2, 0) is 43.8 Å². The van der Waals surface area contributed by atoms with Crippen LogP contribution < -0.4 is 0 Å². The minimum absolute atomic E-state index is 0. The van der Waals surface area contributed by atoms with E-state index in [-0.39, 0.29) is 17.1 Å². The number of halogens is 6. The minimum Gasteiger partial charge on any atom is -0.741 e. The second-order valence-electron chi connectivity index (χ2n) is 6.02. The standard InChI is InChI=1S/C14H20N2.2CHF3O3S.Cu/c1-4-11(5-2)14-15-12-9-7-8-10-13(12)16(14)6-3;2*2-1(3,4)8(5,6)7;/h7-11H,4-6H2,1-3H3;2*(H,5,6,7);/q;;;+2/p-2. The van der Waals surface area contributed by atoms with E-state index in [1.54, 1.807) is 0 Å². The summed E-state index contributed by atoms with van der Waals surface area (Å²) in [6, 6.07) is 8.42. The molecule has 2 aromatic rings. The van der Waals surface area contributed by atoms with Crippen molar-refractivity contribution in [3.8, 4) is 0 Å². The smallest absolute Gasteiger partial charge is 0.741 e. The number of aryl methyl sites for hydroxylation is 1. The van der Waals surface area contributed by atoms with Crippen LogP contribution in [0.3, 0.4) is 0 Å². The molecule has 0 aliphatic carbocycles. The number of benzene rings is 1. The number of hydrogen-bond acceptors (Lipinski definition) is 7. The molecule has 0 N–H and O–H groups in total. The molecule has 33 heavy (non-hydrogen) atoms. The molecule has 0 amide bonds. The van der Waals surface area contributed by atoms with Crippen LogP contribution in [0.15, 0.2) is 24.3 Å². The molecule has 0 aliphatic rings. The van der Waals surface area contributed by atoms with Crippen LogP contribution in [0.25, 0.3) is 11.0 Å². The van der Waals surface area contributed by atoms with Crippen LogP contribution in [0, 0.1) is 0 Å². The van der Waals surface area contributed by atoms with Gasteiger partial charge in [-0.05, 0) is 31.9 Å². The Bertz CT molecular complexity index is 1040. The molecule has 2 rings (SSSR count). The van der Waals surface area contributed by atoms with Crippen molar-refractivity contribution in [1.29, 1.82) is 0 Å². The summed E-state index contributed by atoms with van der Waals surface area (Å²) in [6.45, 7) is 7.69. The number of nitrogens with zero attached hydrogens (tertiary/aromatic N) is 2. The molecule has 0 saturated carbocycles. The van der Waals surface area contributed by atoms with E-state index in [4.69, 9.17) is 30.9 Å². The molecule has 0 saturated heterocycles. The molecule has 1 aromatic heterocycles. The van der Waals surface area contributed by atoms with Gasteiger partial charge in [-0.1, -0.05) is 26.0 Å². The third-order valence-corrected chi connectivity index (χ3v) is 5.05. The third kappa shape index (κ3) is 10.2. The largest absolute Gasteiger partial charge is 2.00 e. The number of para-hydroxylation sites is 2. The number of aromatic nitrogens is 2. The third-order valence-electron chi connectivity index (χ3n) is 3.92. The van der Waals surface area contributed by atoms with Gasteiger partial charge >= 0.3 is 28.1 Å². The Balaban J connectivity index is 0. The monoisotopic (exact) mass is 577 g/mol. The van der Waals surface area contributed by atoms with Gasteiger partial charge in [-0.3, -0.25) is 0 Å². The summed E-state index contributed by atoms with van der Waals surface area (Å²) in [4.78, 5) is 4.79. The summed E-state index contributed by atoms with van der Waals surface area (Å²) >= 11 is 0. The molecule has 8 nitrogen and oxygen atoms in total. The van der Waals surface area contributed by atoms with E-state index in [0.29, 0.717) is 5.92 Å². The summed E-state index contributed by atoms with van der Waals surface area (Å²) in [5, 5.41) is 0. The molecule has 0 fully saturated rings. The van der Waals surface area contributed by atoms with E-state index >= 15 is 0 Å². The maximum atomic E-state index is 10.7. The first kappa shape index (κ1) is 33.8. The van der Waals surface area contributed by atoms with Gasteiger partial charge in [0.15, 0.2) is 20.2 Å². The van der Waals surface area contributed by atoms with Gasteiger partial charge in [0.25, 0.3) is 0 Å². The average Bonchev–Trinajstić information content (AvgIpc) is 2.99. The minimum atomic E-state index is -6.09. The molecule has 1 heterocycles. The molecule has 0 spiro atoms. The Kier molecular flexibility index (Phi) is 13.2. The van der Waals surface area contributed by atoms with E-state index in [1.807, 2.05) is 0 Å². The van der Waals surface area contributed by atoms with Crippen molar-refractivity contribution in [1.82, 2.24) is 9.55 Å². The zero-order valence-electron chi connectivity index (χ0n) is 17.2. The quantitative estimate of drug-likeness (QED) is 0.232. The number of hydrogen-bond donors (Lipinski definition) is 0. The van der Waals surface area contributed by atoms with Crippen molar-refractivity contribution < 1.29 is 69.4 Å². The molecule has 195 valence electrons. The SMILES string of the molecule is CCC(CC)c1nc2ccccc2n1CC.O=S(=O)([O-])C(F)(F)F.O=S(=O)([O-])C(F)(F)F.[Cu+2]. The predicted octanol–water partition coefficient (Wildman–Crippen LogP) is 4.06. The maximum Gasteiger partial charge on any atom is 2.00 e. The molecule has 1 radical (unpaired) electrons. The number of rotatable bonds is 4. The van der Waals surface area contributed by atoms with E-state index in [1.165, 1.54) is 24.2 Å². The summed E-state index contributed by atoms with van der Waals surface area (Å²) < 4.78 is 120. The molecule has 1 aromatic carbocycles. The Hall–Kier alpha value is -1.39. The van der Waals surface area contributed by atoms with Gasteiger partial charge in [-0.25, -0.2) is 21.8 Å². The summed E-state index contributed by atoms with van der Waals surface area (Å²) in [5.41, 5.74) is -8.89. The second-order valence-corrected chi connectivity index (χ2v) is 8.76. The molecule has 17 heteroatoms. The Morgan fingerprint density at radius 1 is 0.879 bits per heavy atom. The van der Waals surface area contributed by atoms with Crippen molar-refractivity contribution >= 4 is 31.3 Å². The van der Waals surface area contributed by atoms with Gasteiger partial charge < -0.3 is 13.7 Å². The van der Waals surface area contributed by atoms with E-state index < -0.39 is 31.3 Å². The molecule has 0 aliphatic heterocycles. The zero-order valence-corrected chi connectivity index (χ0v) is 19.8. The summed E-state index contributed by atoms with van der Waals surface area (Å²) in [5.74, 6) is 1.85. The van der Waals surface area contributed by atoms with Gasteiger partial charge in [0.1, 0.15) is 5.82 Å². The topological polar surface area (TPSA) is 132 Å². The zero-order chi connectivity index (χ0) is 25.5. The molecular formula is C16H20CuF6N2O6S2. The van der Waals surface area contributed by atoms with E-state index in [2.05, 4.69) is 49.6 Å². The van der Waals surface area contributed by atoms with Crippen LogP contribution in [0.5, 0.6) is 0 Å². The van der Waals surface area contributed by atoms with Crippen molar-refractivity contribution in [2.45, 2.75) is 57.1 Å². The number of fused-ring (bicyclic) bond motifs is 1. The predicted molar refractivity (Wildman–Crippen MR) is 100 cm³/mol. The summed E-state index contributed by atoms with van der Waals surface area (Å²) in [7, 11) is -12.2. The fraction of sp³-hybridized carbons (Fsp3) is 0.562. The molecule has 0 bridgehead atoms. The van der Waals surface area contributed by atoms with Crippen LogP contribution in [0.2, 0.25) is 0 Å². The molecule has 0 unspecified atom stereocenters. The molecule has 0 atom stereocenters. The normalized spacial score (nSPS) is 12.4. The van der Waals surface area contributed by atoms with Gasteiger partial charge in [-0.15, -0.1) is 0 Å². The second kappa shape index (κ2) is 12.9. The van der Waals surface area contributed by atoms with Crippen molar-refractivity contribution in [3.63, 3.8) is 0 Å². The van der Waals surface area contributed by atoms with Crippen molar-refractivity contribution in [2.24, 2.45) is 0 Å². The Labute approximate surface area is 197 Å². The first-order valence-electron chi connectivity index (χ1n) is 8.81. The van der Waals surface area contributed by atoms with Crippen molar-refractivity contribution in [2.75, 3.05) is 0 Å². The van der Waals surface area contributed by atoms with E-state index in [9.17, 15) is 26.3 Å². The van der Waals surface area contributed by atoms with Gasteiger partial charge in [0.2, 0.25) is 0 Å². The number of alkyl halides is 6. The fourth-order valence-corrected chi connectivity index (χ4v) is 2.39. The van der Waals surface area contributed by atoms with E-state index in [0.717, 1.165) is 12.1 Å². The summed E-state index contributed by atoms with van der Waals surface area (Å²) in [6.07, 6.45) is 2.33. The van der Waals surface area contributed by atoms with Gasteiger partial charge in [0, 0.05) is 12.5 Å². The van der Waals surface area contributed by atoms with Crippen LogP contribution in [0.4, 0.5) is 26.3 Å². The van der Waals surface area contributed by atoms with Crippen LogP contribution >= 0.6 is 0 Å². The Morgan fingerprint density at radius 3 is 1.55 bits per heavy atom. The fourth-order valence-electron chi connectivity index (χ4n) is 2.39. The van der Waals surface area contributed by atoms with Crippen molar-refractivity contribution in [3.05, 3.63) is 30.1 Å². The first-order valence-corrected chi connectivity index (χ1v) is 11.6. The average molecular weight is 578 g/mol. The first-order chi connectivity index (χ1) is 14.3. The molecular weight excluding hydrogens is 558 g/mol.